The molecule has 1 aromatic heterocycles. The van der Waals surface area contributed by atoms with Crippen molar-refractivity contribution in [2.75, 3.05) is 26.2 Å². The molecule has 1 aromatic carbocycles. The molecule has 7 nitrogen and oxygen atoms in total. The third kappa shape index (κ3) is 3.83. The lowest BCUT2D eigenvalue weighted by atomic mass is 10.3. The molecule has 3 rings (SSSR count). The minimum absolute atomic E-state index is 0.128. The summed E-state index contributed by atoms with van der Waals surface area (Å²) in [5, 5.41) is 4.02. The molecule has 0 aliphatic carbocycles. The lowest BCUT2D eigenvalue weighted by molar-refractivity contribution is -0.127. The van der Waals surface area contributed by atoms with Gasteiger partial charge in [0.25, 0.3) is 0 Å². The van der Waals surface area contributed by atoms with Crippen molar-refractivity contribution >= 4 is 22.0 Å². The first kappa shape index (κ1) is 18.3. The molecule has 0 unspecified atom stereocenters. The van der Waals surface area contributed by atoms with Crippen LogP contribution in [0.4, 0.5) is 4.39 Å². The zero-order chi connectivity index (χ0) is 18.7. The number of aromatic nitrogens is 2. The Hall–Kier alpha value is -2.52. The first-order valence-corrected chi connectivity index (χ1v) is 9.52. The Morgan fingerprint density at radius 1 is 1.19 bits per heavy atom. The van der Waals surface area contributed by atoms with Crippen molar-refractivity contribution in [1.82, 2.24) is 19.0 Å². The molecule has 138 valence electrons. The van der Waals surface area contributed by atoms with Gasteiger partial charge in [-0.25, -0.2) is 12.8 Å². The highest BCUT2D eigenvalue weighted by atomic mass is 32.2. The number of carbonyl (C=O) groups is 1. The van der Waals surface area contributed by atoms with Crippen LogP contribution in [0.3, 0.4) is 0 Å². The number of benzene rings is 1. The number of amides is 1. The molecule has 0 bridgehead atoms. The zero-order valence-corrected chi connectivity index (χ0v) is 15.1. The number of hydrogen-bond donors (Lipinski definition) is 0. The standard InChI is InChI=1S/C17H19FN4O3S/c1-20-13-14(12-19-20)6-7-17(23)21-8-10-22(11-9-21)26(24,25)16-5-3-2-4-15(16)18/h2-7,12-13H,8-11H2,1H3/b7-6+. The fourth-order valence-corrected chi connectivity index (χ4v) is 4.23. The van der Waals surface area contributed by atoms with Crippen molar-refractivity contribution in [3.05, 3.63) is 54.1 Å². The average Bonchev–Trinajstić information content (AvgIpc) is 3.05. The van der Waals surface area contributed by atoms with Crippen LogP contribution in [0.2, 0.25) is 0 Å². The van der Waals surface area contributed by atoms with Crippen LogP contribution in [0, 0.1) is 5.82 Å². The Bertz CT molecular complexity index is 931. The highest BCUT2D eigenvalue weighted by molar-refractivity contribution is 7.89. The Morgan fingerprint density at radius 3 is 2.50 bits per heavy atom. The summed E-state index contributed by atoms with van der Waals surface area (Å²) >= 11 is 0. The van der Waals surface area contributed by atoms with E-state index in [-0.39, 0.29) is 37.0 Å². The Kier molecular flexibility index (Phi) is 5.19. The summed E-state index contributed by atoms with van der Waals surface area (Å²) in [6.45, 7) is 0.764. The smallest absolute Gasteiger partial charge is 0.246 e. The molecular formula is C17H19FN4O3S. The monoisotopic (exact) mass is 378 g/mol. The molecule has 2 aromatic rings. The fourth-order valence-electron chi connectivity index (χ4n) is 2.74. The SMILES string of the molecule is Cn1cc(/C=C/C(=O)N2CCN(S(=O)(=O)c3ccccc3F)CC2)cn1. The quantitative estimate of drug-likeness (QED) is 0.747. The largest absolute Gasteiger partial charge is 0.337 e. The minimum atomic E-state index is -3.90. The van der Waals surface area contributed by atoms with Gasteiger partial charge >= 0.3 is 0 Å². The third-order valence-electron chi connectivity index (χ3n) is 4.15. The summed E-state index contributed by atoms with van der Waals surface area (Å²) in [5.74, 6) is -0.970. The number of sulfonamides is 1. The van der Waals surface area contributed by atoms with Crippen molar-refractivity contribution in [2.24, 2.45) is 7.05 Å². The minimum Gasteiger partial charge on any atom is -0.337 e. The molecule has 0 saturated carbocycles. The first-order valence-electron chi connectivity index (χ1n) is 8.08. The van der Waals surface area contributed by atoms with Crippen molar-refractivity contribution in [2.45, 2.75) is 4.90 Å². The van der Waals surface area contributed by atoms with Crippen molar-refractivity contribution in [3.8, 4) is 0 Å². The molecule has 9 heteroatoms. The molecule has 0 N–H and O–H groups in total. The van der Waals surface area contributed by atoms with E-state index in [1.165, 1.54) is 28.6 Å². The second-order valence-electron chi connectivity index (χ2n) is 5.94. The van der Waals surface area contributed by atoms with Gasteiger partial charge < -0.3 is 4.90 Å². The molecule has 0 radical (unpaired) electrons. The van der Waals surface area contributed by atoms with Gasteiger partial charge in [0, 0.05) is 51.1 Å². The molecule has 1 amide bonds. The predicted octanol–water partition coefficient (Wildman–Crippen LogP) is 1.11. The lowest BCUT2D eigenvalue weighted by Crippen LogP contribution is -2.50. The van der Waals surface area contributed by atoms with Gasteiger partial charge in [-0.2, -0.15) is 9.40 Å². The second kappa shape index (κ2) is 7.38. The van der Waals surface area contributed by atoms with Crippen molar-refractivity contribution < 1.29 is 17.6 Å². The molecule has 1 fully saturated rings. The number of hydrogen-bond acceptors (Lipinski definition) is 4. The van der Waals surface area contributed by atoms with Gasteiger partial charge in [-0.05, 0) is 18.2 Å². The van der Waals surface area contributed by atoms with Crippen LogP contribution in [0.25, 0.3) is 6.08 Å². The van der Waals surface area contributed by atoms with Crippen molar-refractivity contribution in [3.63, 3.8) is 0 Å². The Balaban J connectivity index is 1.63. The van der Waals surface area contributed by atoms with Gasteiger partial charge in [-0.1, -0.05) is 12.1 Å². The maximum absolute atomic E-state index is 13.8. The summed E-state index contributed by atoms with van der Waals surface area (Å²) in [5.41, 5.74) is 0.807. The molecule has 0 atom stereocenters. The van der Waals surface area contributed by atoms with Gasteiger partial charge in [0.2, 0.25) is 15.9 Å². The summed E-state index contributed by atoms with van der Waals surface area (Å²) < 4.78 is 41.8. The molecule has 1 aliphatic heterocycles. The zero-order valence-electron chi connectivity index (χ0n) is 14.2. The average molecular weight is 378 g/mol. The summed E-state index contributed by atoms with van der Waals surface area (Å²) in [7, 11) is -2.12. The summed E-state index contributed by atoms with van der Waals surface area (Å²) in [6.07, 6.45) is 6.53. The highest BCUT2D eigenvalue weighted by Gasteiger charge is 2.31. The third-order valence-corrected chi connectivity index (χ3v) is 6.08. The van der Waals surface area contributed by atoms with Crippen LogP contribution >= 0.6 is 0 Å². The number of piperazine rings is 1. The number of carbonyl (C=O) groups excluding carboxylic acids is 1. The summed E-state index contributed by atoms with van der Waals surface area (Å²) in [4.78, 5) is 13.5. The number of aryl methyl sites for hydroxylation is 1. The second-order valence-corrected chi connectivity index (χ2v) is 7.85. The van der Waals surface area contributed by atoms with Gasteiger partial charge in [-0.3, -0.25) is 9.48 Å². The maximum atomic E-state index is 13.8. The Morgan fingerprint density at radius 2 is 1.88 bits per heavy atom. The predicted molar refractivity (Wildman–Crippen MR) is 94.0 cm³/mol. The molecule has 26 heavy (non-hydrogen) atoms. The van der Waals surface area contributed by atoms with E-state index in [9.17, 15) is 17.6 Å². The number of halogens is 1. The highest BCUT2D eigenvalue weighted by Crippen LogP contribution is 2.20. The van der Waals surface area contributed by atoms with Crippen LogP contribution in [0.5, 0.6) is 0 Å². The van der Waals surface area contributed by atoms with E-state index in [2.05, 4.69) is 5.10 Å². The van der Waals surface area contributed by atoms with Gasteiger partial charge in [0.05, 0.1) is 6.20 Å². The molecule has 1 aliphatic rings. The van der Waals surface area contributed by atoms with E-state index in [4.69, 9.17) is 0 Å². The van der Waals surface area contributed by atoms with Crippen LogP contribution < -0.4 is 0 Å². The number of rotatable bonds is 4. The van der Waals surface area contributed by atoms with Crippen LogP contribution in [-0.4, -0.2) is 59.5 Å². The van der Waals surface area contributed by atoms with Gasteiger partial charge in [0.1, 0.15) is 10.7 Å². The van der Waals surface area contributed by atoms with E-state index >= 15 is 0 Å². The summed E-state index contributed by atoms with van der Waals surface area (Å²) in [6, 6.07) is 5.30. The number of nitrogens with zero attached hydrogens (tertiary/aromatic N) is 4. The van der Waals surface area contributed by atoms with Crippen molar-refractivity contribution in [1.29, 1.82) is 0 Å². The lowest BCUT2D eigenvalue weighted by Gasteiger charge is -2.33. The van der Waals surface area contributed by atoms with E-state index in [0.717, 1.165) is 11.6 Å². The van der Waals surface area contributed by atoms with Gasteiger partial charge in [0.15, 0.2) is 0 Å². The van der Waals surface area contributed by atoms with Crippen LogP contribution in [0.1, 0.15) is 5.56 Å². The van der Waals surface area contributed by atoms with E-state index in [1.807, 2.05) is 0 Å². The van der Waals surface area contributed by atoms with Gasteiger partial charge in [-0.15, -0.1) is 0 Å². The molecule has 1 saturated heterocycles. The maximum Gasteiger partial charge on any atom is 0.246 e. The van der Waals surface area contributed by atoms with Crippen LogP contribution in [0.15, 0.2) is 47.6 Å². The first-order chi connectivity index (χ1) is 12.4. The van der Waals surface area contributed by atoms with E-state index in [0.29, 0.717) is 0 Å². The molecule has 0 spiro atoms. The Labute approximate surface area is 151 Å². The van der Waals surface area contributed by atoms with Crippen LogP contribution in [-0.2, 0) is 21.9 Å². The normalized spacial score (nSPS) is 16.3. The van der Waals surface area contributed by atoms with E-state index < -0.39 is 15.8 Å². The topological polar surface area (TPSA) is 75.5 Å². The fraction of sp³-hybridized carbons (Fsp3) is 0.294. The molecule has 2 heterocycles. The van der Waals surface area contributed by atoms with E-state index in [1.54, 1.807) is 35.1 Å². The molecular weight excluding hydrogens is 359 g/mol.